The average Bonchev–Trinajstić information content (AvgIpc) is 2.62. The highest BCUT2D eigenvalue weighted by atomic mass is 16.2. The van der Waals surface area contributed by atoms with E-state index in [-0.39, 0.29) is 11.3 Å². The summed E-state index contributed by atoms with van der Waals surface area (Å²) in [6.45, 7) is 6.30. The van der Waals surface area contributed by atoms with Gasteiger partial charge in [0.25, 0.3) is 0 Å². The lowest BCUT2D eigenvalue weighted by atomic mass is 9.86. The van der Waals surface area contributed by atoms with Crippen molar-refractivity contribution in [3.8, 4) is 0 Å². The minimum Gasteiger partial charge on any atom is -0.368 e. The molecule has 1 aliphatic heterocycles. The van der Waals surface area contributed by atoms with Crippen LogP contribution in [0.25, 0.3) is 0 Å². The zero-order valence-electron chi connectivity index (χ0n) is 10.2. The number of rotatable bonds is 2. The standard InChI is InChI=1S/C11H21N3O2/c1-11(2,3)8(12)10(16)14-6-4-5-7(14)9(13)15/h7-8H,4-6,12H2,1-3H3,(H2,13,15)/t7?,8-/m1/s1. The summed E-state index contributed by atoms with van der Waals surface area (Å²) in [5.74, 6) is -0.610. The van der Waals surface area contributed by atoms with Gasteiger partial charge in [0, 0.05) is 6.54 Å². The van der Waals surface area contributed by atoms with Gasteiger partial charge in [0.15, 0.2) is 0 Å². The first-order valence-electron chi connectivity index (χ1n) is 5.60. The van der Waals surface area contributed by atoms with E-state index in [1.165, 1.54) is 4.90 Å². The molecule has 1 rings (SSSR count). The van der Waals surface area contributed by atoms with Crippen molar-refractivity contribution in [2.24, 2.45) is 16.9 Å². The largest absolute Gasteiger partial charge is 0.368 e. The fourth-order valence-electron chi connectivity index (χ4n) is 1.88. The number of hydrogen-bond acceptors (Lipinski definition) is 3. The van der Waals surface area contributed by atoms with Gasteiger partial charge in [-0.3, -0.25) is 9.59 Å². The molecule has 1 fully saturated rings. The number of nitrogens with zero attached hydrogens (tertiary/aromatic N) is 1. The lowest BCUT2D eigenvalue weighted by Crippen LogP contribution is -2.54. The van der Waals surface area contributed by atoms with E-state index in [0.29, 0.717) is 13.0 Å². The predicted octanol–water partition coefficient (Wildman–Crippen LogP) is -0.164. The van der Waals surface area contributed by atoms with Gasteiger partial charge in [-0.25, -0.2) is 0 Å². The Morgan fingerprint density at radius 2 is 1.94 bits per heavy atom. The zero-order chi connectivity index (χ0) is 12.5. The highest BCUT2D eigenvalue weighted by Gasteiger charge is 2.38. The molecule has 1 saturated heterocycles. The van der Waals surface area contributed by atoms with Gasteiger partial charge in [-0.05, 0) is 18.3 Å². The molecule has 0 saturated carbocycles. The van der Waals surface area contributed by atoms with Crippen LogP contribution in [0.5, 0.6) is 0 Å². The highest BCUT2D eigenvalue weighted by Crippen LogP contribution is 2.23. The van der Waals surface area contributed by atoms with E-state index in [0.717, 1.165) is 6.42 Å². The second kappa shape index (κ2) is 4.41. The van der Waals surface area contributed by atoms with Gasteiger partial charge in [-0.1, -0.05) is 20.8 Å². The molecule has 0 bridgehead atoms. The van der Waals surface area contributed by atoms with Gasteiger partial charge in [0.1, 0.15) is 6.04 Å². The molecule has 5 heteroatoms. The Kier molecular flexibility index (Phi) is 3.57. The molecule has 0 aliphatic carbocycles. The number of carbonyl (C=O) groups is 2. The van der Waals surface area contributed by atoms with E-state index in [4.69, 9.17) is 11.5 Å². The van der Waals surface area contributed by atoms with E-state index >= 15 is 0 Å². The second-order valence-electron chi connectivity index (χ2n) is 5.44. The minimum absolute atomic E-state index is 0.172. The van der Waals surface area contributed by atoms with Gasteiger partial charge < -0.3 is 16.4 Å². The summed E-state index contributed by atoms with van der Waals surface area (Å²) in [5, 5.41) is 0. The number of amides is 2. The third-order valence-corrected chi connectivity index (χ3v) is 3.06. The number of carbonyl (C=O) groups excluding carboxylic acids is 2. The lowest BCUT2D eigenvalue weighted by molar-refractivity contribution is -0.140. The van der Waals surface area contributed by atoms with Gasteiger partial charge in [0.2, 0.25) is 11.8 Å². The summed E-state index contributed by atoms with van der Waals surface area (Å²) in [6, 6.07) is -1.06. The van der Waals surface area contributed by atoms with E-state index in [1.807, 2.05) is 20.8 Å². The maximum Gasteiger partial charge on any atom is 0.240 e. The van der Waals surface area contributed by atoms with E-state index < -0.39 is 18.0 Å². The Balaban J connectivity index is 2.77. The van der Waals surface area contributed by atoms with Crippen LogP contribution < -0.4 is 11.5 Å². The molecular weight excluding hydrogens is 206 g/mol. The van der Waals surface area contributed by atoms with Crippen molar-refractivity contribution < 1.29 is 9.59 Å². The Morgan fingerprint density at radius 1 is 1.38 bits per heavy atom. The fourth-order valence-corrected chi connectivity index (χ4v) is 1.88. The fraction of sp³-hybridized carbons (Fsp3) is 0.818. The molecule has 0 radical (unpaired) electrons. The summed E-state index contributed by atoms with van der Waals surface area (Å²) >= 11 is 0. The molecule has 0 aromatic carbocycles. The molecule has 2 amide bonds. The monoisotopic (exact) mass is 227 g/mol. The molecule has 5 nitrogen and oxygen atoms in total. The van der Waals surface area contributed by atoms with Crippen molar-refractivity contribution >= 4 is 11.8 Å². The first-order valence-corrected chi connectivity index (χ1v) is 5.60. The summed E-state index contributed by atoms with van der Waals surface area (Å²) in [7, 11) is 0. The van der Waals surface area contributed by atoms with Crippen LogP contribution in [0.3, 0.4) is 0 Å². The third-order valence-electron chi connectivity index (χ3n) is 3.06. The summed E-state index contributed by atoms with van der Waals surface area (Å²) in [5.41, 5.74) is 10.9. The SMILES string of the molecule is CC(C)(C)[C@H](N)C(=O)N1CCCC1C(N)=O. The van der Waals surface area contributed by atoms with Crippen molar-refractivity contribution in [3.63, 3.8) is 0 Å². The molecule has 1 aliphatic rings. The Hall–Kier alpha value is -1.10. The number of nitrogens with two attached hydrogens (primary N) is 2. The van der Waals surface area contributed by atoms with Crippen LogP contribution in [0.1, 0.15) is 33.6 Å². The molecule has 1 heterocycles. The average molecular weight is 227 g/mol. The van der Waals surface area contributed by atoms with Crippen molar-refractivity contribution in [1.29, 1.82) is 0 Å². The summed E-state index contributed by atoms with van der Waals surface area (Å²) < 4.78 is 0. The van der Waals surface area contributed by atoms with Crippen LogP contribution in [0, 0.1) is 5.41 Å². The zero-order valence-corrected chi connectivity index (χ0v) is 10.2. The smallest absolute Gasteiger partial charge is 0.240 e. The maximum absolute atomic E-state index is 12.1. The van der Waals surface area contributed by atoms with E-state index in [1.54, 1.807) is 0 Å². The van der Waals surface area contributed by atoms with Crippen molar-refractivity contribution in [1.82, 2.24) is 4.90 Å². The van der Waals surface area contributed by atoms with Gasteiger partial charge in [0.05, 0.1) is 6.04 Å². The van der Waals surface area contributed by atoms with Crippen molar-refractivity contribution in [2.75, 3.05) is 6.54 Å². The van der Waals surface area contributed by atoms with E-state index in [9.17, 15) is 9.59 Å². The van der Waals surface area contributed by atoms with Crippen LogP contribution in [-0.2, 0) is 9.59 Å². The molecule has 2 atom stereocenters. The maximum atomic E-state index is 12.1. The predicted molar refractivity (Wildman–Crippen MR) is 61.4 cm³/mol. The second-order valence-corrected chi connectivity index (χ2v) is 5.44. The minimum atomic E-state index is -0.590. The Morgan fingerprint density at radius 3 is 2.38 bits per heavy atom. The number of likely N-dealkylation sites (tertiary alicyclic amines) is 1. The first-order chi connectivity index (χ1) is 7.25. The molecule has 92 valence electrons. The highest BCUT2D eigenvalue weighted by molar-refractivity contribution is 5.89. The third kappa shape index (κ3) is 2.52. The summed E-state index contributed by atoms with van der Waals surface area (Å²) in [4.78, 5) is 24.8. The molecule has 0 aromatic rings. The first kappa shape index (κ1) is 13.0. The van der Waals surface area contributed by atoms with Crippen LogP contribution in [0.2, 0.25) is 0 Å². The van der Waals surface area contributed by atoms with Crippen LogP contribution in [0.4, 0.5) is 0 Å². The number of primary amides is 1. The Labute approximate surface area is 96.1 Å². The molecule has 0 aromatic heterocycles. The lowest BCUT2D eigenvalue weighted by Gasteiger charge is -2.32. The molecule has 1 unspecified atom stereocenters. The summed E-state index contributed by atoms with van der Waals surface area (Å²) in [6.07, 6.45) is 1.47. The van der Waals surface area contributed by atoms with Gasteiger partial charge >= 0.3 is 0 Å². The molecular formula is C11H21N3O2. The van der Waals surface area contributed by atoms with Gasteiger partial charge in [-0.2, -0.15) is 0 Å². The van der Waals surface area contributed by atoms with Crippen LogP contribution in [0.15, 0.2) is 0 Å². The molecule has 16 heavy (non-hydrogen) atoms. The van der Waals surface area contributed by atoms with E-state index in [2.05, 4.69) is 0 Å². The Bertz CT molecular complexity index is 296. The van der Waals surface area contributed by atoms with Crippen molar-refractivity contribution in [2.45, 2.75) is 45.7 Å². The van der Waals surface area contributed by atoms with Gasteiger partial charge in [-0.15, -0.1) is 0 Å². The quantitative estimate of drug-likeness (QED) is 0.686. The molecule has 0 spiro atoms. The number of hydrogen-bond donors (Lipinski definition) is 2. The normalized spacial score (nSPS) is 23.2. The van der Waals surface area contributed by atoms with Crippen LogP contribution in [-0.4, -0.2) is 35.3 Å². The topological polar surface area (TPSA) is 89.4 Å². The molecule has 4 N–H and O–H groups in total. The van der Waals surface area contributed by atoms with Crippen LogP contribution >= 0.6 is 0 Å². The van der Waals surface area contributed by atoms with Crippen molar-refractivity contribution in [3.05, 3.63) is 0 Å².